The first kappa shape index (κ1) is 16.4. The number of aryl methyl sites for hydroxylation is 1. The van der Waals surface area contributed by atoms with E-state index in [1.165, 1.54) is 30.7 Å². The smallest absolute Gasteiger partial charge is 0.246 e. The number of nitrogens with zero attached hydrogens (tertiary/aromatic N) is 1. The zero-order chi connectivity index (χ0) is 15.6. The van der Waals surface area contributed by atoms with Gasteiger partial charge >= 0.3 is 0 Å². The number of sulfonamides is 1. The molecule has 1 saturated heterocycles. The van der Waals surface area contributed by atoms with Crippen LogP contribution in [0, 0.1) is 12.7 Å². The number of benzene rings is 1. The second-order valence-electron chi connectivity index (χ2n) is 5.21. The van der Waals surface area contributed by atoms with Crippen LogP contribution in [0.1, 0.15) is 12.0 Å². The zero-order valence-electron chi connectivity index (χ0n) is 12.4. The van der Waals surface area contributed by atoms with Gasteiger partial charge in [-0.2, -0.15) is 4.31 Å². The van der Waals surface area contributed by atoms with Crippen LogP contribution >= 0.6 is 0 Å². The van der Waals surface area contributed by atoms with Crippen molar-refractivity contribution in [2.45, 2.75) is 30.4 Å². The van der Waals surface area contributed by atoms with Gasteiger partial charge in [-0.3, -0.25) is 0 Å². The maximum Gasteiger partial charge on any atom is 0.246 e. The number of hydrogen-bond acceptors (Lipinski definition) is 4. The lowest BCUT2D eigenvalue weighted by Gasteiger charge is -2.23. The molecule has 0 saturated carbocycles. The first-order valence-electron chi connectivity index (χ1n) is 6.70. The van der Waals surface area contributed by atoms with Crippen molar-refractivity contribution in [1.82, 2.24) is 4.31 Å². The maximum absolute atomic E-state index is 13.9. The Morgan fingerprint density at radius 1 is 1.38 bits per heavy atom. The molecule has 0 unspecified atom stereocenters. The third-order valence-electron chi connectivity index (χ3n) is 3.69. The molecule has 1 aliphatic heterocycles. The molecule has 0 N–H and O–H groups in total. The summed E-state index contributed by atoms with van der Waals surface area (Å²) in [6.45, 7) is 2.19. The second-order valence-corrected chi connectivity index (χ2v) is 7.07. The minimum absolute atomic E-state index is 0.201. The Morgan fingerprint density at radius 3 is 2.71 bits per heavy atom. The average Bonchev–Trinajstić information content (AvgIpc) is 2.86. The SMILES string of the molecule is COC[C@@H]1C[C@@H](OC)CN1S(=O)(=O)c1cc(C)ccc1F. The molecule has 1 heterocycles. The van der Waals surface area contributed by atoms with Gasteiger partial charge in [-0.15, -0.1) is 0 Å². The van der Waals surface area contributed by atoms with Crippen molar-refractivity contribution in [2.24, 2.45) is 0 Å². The van der Waals surface area contributed by atoms with Gasteiger partial charge in [-0.1, -0.05) is 6.07 Å². The maximum atomic E-state index is 13.9. The molecule has 1 aromatic rings. The molecule has 1 aromatic carbocycles. The summed E-state index contributed by atoms with van der Waals surface area (Å²) in [5.41, 5.74) is 0.695. The van der Waals surface area contributed by atoms with Crippen LogP contribution in [-0.2, 0) is 19.5 Å². The Hall–Kier alpha value is -1.02. The fourth-order valence-corrected chi connectivity index (χ4v) is 4.39. The van der Waals surface area contributed by atoms with E-state index < -0.39 is 15.8 Å². The molecule has 0 aliphatic carbocycles. The molecule has 1 fully saturated rings. The summed E-state index contributed by atoms with van der Waals surface area (Å²) in [7, 11) is -0.856. The predicted molar refractivity (Wildman–Crippen MR) is 76.1 cm³/mol. The Morgan fingerprint density at radius 2 is 2.10 bits per heavy atom. The van der Waals surface area contributed by atoms with Gasteiger partial charge in [0.05, 0.1) is 18.8 Å². The fourth-order valence-electron chi connectivity index (χ4n) is 2.59. The molecule has 0 bridgehead atoms. The lowest BCUT2D eigenvalue weighted by molar-refractivity contribution is 0.110. The van der Waals surface area contributed by atoms with E-state index in [0.717, 1.165) is 0 Å². The van der Waals surface area contributed by atoms with E-state index in [1.54, 1.807) is 13.0 Å². The lowest BCUT2D eigenvalue weighted by Crippen LogP contribution is -2.38. The highest BCUT2D eigenvalue weighted by atomic mass is 32.2. The number of halogens is 1. The van der Waals surface area contributed by atoms with Crippen LogP contribution in [0.5, 0.6) is 0 Å². The van der Waals surface area contributed by atoms with E-state index in [-0.39, 0.29) is 30.2 Å². The zero-order valence-corrected chi connectivity index (χ0v) is 13.2. The van der Waals surface area contributed by atoms with Crippen molar-refractivity contribution in [3.05, 3.63) is 29.6 Å². The van der Waals surface area contributed by atoms with Crippen molar-refractivity contribution in [3.63, 3.8) is 0 Å². The lowest BCUT2D eigenvalue weighted by atomic mass is 10.2. The second kappa shape index (κ2) is 6.39. The topological polar surface area (TPSA) is 55.8 Å². The molecule has 7 heteroatoms. The van der Waals surface area contributed by atoms with Gasteiger partial charge in [0.1, 0.15) is 10.7 Å². The quantitative estimate of drug-likeness (QED) is 0.827. The van der Waals surface area contributed by atoms with Crippen LogP contribution in [0.4, 0.5) is 4.39 Å². The molecule has 0 radical (unpaired) electrons. The van der Waals surface area contributed by atoms with E-state index in [9.17, 15) is 12.8 Å². The largest absolute Gasteiger partial charge is 0.383 e. The third kappa shape index (κ3) is 3.26. The minimum Gasteiger partial charge on any atom is -0.383 e. The number of methoxy groups -OCH3 is 2. The highest BCUT2D eigenvalue weighted by Crippen LogP contribution is 2.29. The third-order valence-corrected chi connectivity index (χ3v) is 5.62. The molecule has 2 atom stereocenters. The number of rotatable bonds is 5. The Kier molecular flexibility index (Phi) is 4.98. The molecule has 1 aliphatic rings. The first-order chi connectivity index (χ1) is 9.90. The van der Waals surface area contributed by atoms with Gasteiger partial charge < -0.3 is 9.47 Å². The monoisotopic (exact) mass is 317 g/mol. The van der Waals surface area contributed by atoms with E-state index >= 15 is 0 Å². The molecule has 2 rings (SSSR count). The van der Waals surface area contributed by atoms with E-state index in [4.69, 9.17) is 9.47 Å². The van der Waals surface area contributed by atoms with Crippen LogP contribution in [0.25, 0.3) is 0 Å². The molecule has 21 heavy (non-hydrogen) atoms. The van der Waals surface area contributed by atoms with Gasteiger partial charge in [0.25, 0.3) is 0 Å². The molecule has 0 aromatic heterocycles. The first-order valence-corrected chi connectivity index (χ1v) is 8.14. The summed E-state index contributed by atoms with van der Waals surface area (Å²) in [6.07, 6.45) is 0.338. The van der Waals surface area contributed by atoms with E-state index in [2.05, 4.69) is 0 Å². The Balaban J connectivity index is 2.39. The van der Waals surface area contributed by atoms with Gasteiger partial charge in [0.2, 0.25) is 10.0 Å². The normalized spacial score (nSPS) is 23.6. The number of ether oxygens (including phenoxy) is 2. The Labute approximate surface area is 124 Å². The van der Waals surface area contributed by atoms with Crippen LogP contribution in [0.2, 0.25) is 0 Å². The molecule has 0 amide bonds. The van der Waals surface area contributed by atoms with Crippen LogP contribution < -0.4 is 0 Å². The Bertz CT molecular complexity index is 605. The summed E-state index contributed by atoms with van der Waals surface area (Å²) in [5, 5.41) is 0. The summed E-state index contributed by atoms with van der Waals surface area (Å²) >= 11 is 0. The molecule has 0 spiro atoms. The average molecular weight is 317 g/mol. The van der Waals surface area contributed by atoms with Crippen molar-refractivity contribution in [1.29, 1.82) is 0 Å². The highest BCUT2D eigenvalue weighted by Gasteiger charge is 2.41. The minimum atomic E-state index is -3.91. The summed E-state index contributed by atoms with van der Waals surface area (Å²) < 4.78 is 51.0. The molecular weight excluding hydrogens is 297 g/mol. The van der Waals surface area contributed by atoms with Crippen LogP contribution in [-0.4, -0.2) is 52.2 Å². The van der Waals surface area contributed by atoms with Crippen LogP contribution in [0.15, 0.2) is 23.1 Å². The van der Waals surface area contributed by atoms with Crippen molar-refractivity contribution >= 4 is 10.0 Å². The van der Waals surface area contributed by atoms with E-state index in [1.807, 2.05) is 0 Å². The van der Waals surface area contributed by atoms with Crippen molar-refractivity contribution in [2.75, 3.05) is 27.4 Å². The van der Waals surface area contributed by atoms with Crippen molar-refractivity contribution < 1.29 is 22.3 Å². The van der Waals surface area contributed by atoms with Crippen molar-refractivity contribution in [3.8, 4) is 0 Å². The van der Waals surface area contributed by atoms with Gasteiger partial charge in [-0.05, 0) is 31.0 Å². The van der Waals surface area contributed by atoms with Gasteiger partial charge in [-0.25, -0.2) is 12.8 Å². The standard InChI is InChI=1S/C14H20FNO4S/c1-10-4-5-13(15)14(6-10)21(17,18)16-8-12(20-3)7-11(16)9-19-2/h4-6,11-12H,7-9H2,1-3H3/t11-,12+/m0/s1. The fraction of sp³-hybridized carbons (Fsp3) is 0.571. The molecule has 118 valence electrons. The summed E-state index contributed by atoms with van der Waals surface area (Å²) in [4.78, 5) is -0.291. The number of hydrogen-bond donors (Lipinski definition) is 0. The van der Waals surface area contributed by atoms with Gasteiger partial charge in [0.15, 0.2) is 0 Å². The van der Waals surface area contributed by atoms with Crippen LogP contribution in [0.3, 0.4) is 0 Å². The van der Waals surface area contributed by atoms with Gasteiger partial charge in [0, 0.05) is 20.8 Å². The predicted octanol–water partition coefficient (Wildman–Crippen LogP) is 1.56. The van der Waals surface area contributed by atoms with E-state index in [0.29, 0.717) is 12.0 Å². The highest BCUT2D eigenvalue weighted by molar-refractivity contribution is 7.89. The molecular formula is C14H20FNO4S. The summed E-state index contributed by atoms with van der Waals surface area (Å²) in [6, 6.07) is 3.74. The molecule has 5 nitrogen and oxygen atoms in total. The summed E-state index contributed by atoms with van der Waals surface area (Å²) in [5.74, 6) is -0.738.